The number of thiazole rings is 1. The average Bonchev–Trinajstić information content (AvgIpc) is 3.01. The molecule has 2 heterocycles. The van der Waals surface area contributed by atoms with Crippen LogP contribution in [0.25, 0.3) is 10.2 Å². The van der Waals surface area contributed by atoms with Crippen LogP contribution < -0.4 is 4.80 Å². The maximum Gasteiger partial charge on any atom is 0.270 e. The van der Waals surface area contributed by atoms with Gasteiger partial charge in [0.1, 0.15) is 6.04 Å². The van der Waals surface area contributed by atoms with Gasteiger partial charge in [-0.25, -0.2) is 8.42 Å². The molecule has 0 N–H and O–H groups in total. The second-order valence-corrected chi connectivity index (χ2v) is 10.7. The van der Waals surface area contributed by atoms with Crippen molar-refractivity contribution in [2.45, 2.75) is 31.8 Å². The van der Waals surface area contributed by atoms with E-state index in [0.29, 0.717) is 29.0 Å². The quantitative estimate of drug-likeness (QED) is 0.484. The molecule has 0 saturated carbocycles. The van der Waals surface area contributed by atoms with Gasteiger partial charge in [-0.1, -0.05) is 17.8 Å². The van der Waals surface area contributed by atoms with Crippen LogP contribution in [0.2, 0.25) is 0 Å². The molecule has 3 rings (SSSR count). The first-order valence-corrected chi connectivity index (χ1v) is 13.1. The van der Waals surface area contributed by atoms with Gasteiger partial charge >= 0.3 is 0 Å². The summed E-state index contributed by atoms with van der Waals surface area (Å²) in [6.07, 6.45) is 5.00. The number of piperidine rings is 1. The average molecular weight is 459 g/mol. The molecule has 1 unspecified atom stereocenters. The molecule has 9 nitrogen and oxygen atoms in total. The number of carbonyl (C=O) groups excluding carboxylic acids is 1. The lowest BCUT2D eigenvalue weighted by atomic mass is 10.0. The number of nitro groups is 1. The van der Waals surface area contributed by atoms with Gasteiger partial charge in [0.2, 0.25) is 10.0 Å². The lowest BCUT2D eigenvalue weighted by molar-refractivity contribution is -0.384. The van der Waals surface area contributed by atoms with Crippen molar-refractivity contribution in [3.05, 3.63) is 33.1 Å². The molecule has 1 aromatic heterocycles. The maximum atomic E-state index is 12.9. The van der Waals surface area contributed by atoms with Crippen LogP contribution in [0.15, 0.2) is 23.2 Å². The minimum atomic E-state index is -3.51. The summed E-state index contributed by atoms with van der Waals surface area (Å²) in [7, 11) is -3.51. The van der Waals surface area contributed by atoms with Crippen LogP contribution in [-0.2, 0) is 21.4 Å². The zero-order valence-corrected chi connectivity index (χ0v) is 18.6. The summed E-state index contributed by atoms with van der Waals surface area (Å²) in [5, 5.41) is 11.1. The Morgan fingerprint density at radius 2 is 2.17 bits per heavy atom. The van der Waals surface area contributed by atoms with Gasteiger partial charge in [-0.15, -0.1) is 0 Å². The highest BCUT2D eigenvalue weighted by molar-refractivity contribution is 7.98. The molecule has 0 aliphatic carbocycles. The van der Waals surface area contributed by atoms with Crippen LogP contribution in [0, 0.1) is 10.1 Å². The van der Waals surface area contributed by atoms with Gasteiger partial charge in [0.25, 0.3) is 11.6 Å². The monoisotopic (exact) mass is 458 g/mol. The largest absolute Gasteiger partial charge is 0.316 e. The third-order valence-electron chi connectivity index (χ3n) is 4.77. The number of thioether (sulfide) groups is 1. The number of carbonyl (C=O) groups is 1. The number of rotatable bonds is 6. The van der Waals surface area contributed by atoms with Crippen molar-refractivity contribution in [1.29, 1.82) is 0 Å². The Hall–Kier alpha value is -1.76. The summed E-state index contributed by atoms with van der Waals surface area (Å²) in [5.74, 6) is 0.289. The Labute approximate surface area is 176 Å². The number of non-ortho nitro benzene ring substituents is 1. The van der Waals surface area contributed by atoms with Gasteiger partial charge in [-0.05, 0) is 25.2 Å². The number of sulfonamides is 1. The van der Waals surface area contributed by atoms with Crippen LogP contribution in [-0.4, -0.2) is 59.0 Å². The zero-order chi connectivity index (χ0) is 21.2. The van der Waals surface area contributed by atoms with Gasteiger partial charge in [0.15, 0.2) is 4.80 Å². The number of hydrogen-bond donors (Lipinski definition) is 0. The minimum absolute atomic E-state index is 0.0239. The summed E-state index contributed by atoms with van der Waals surface area (Å²) < 4.78 is 27.9. The molecule has 1 fully saturated rings. The summed E-state index contributed by atoms with van der Waals surface area (Å²) in [6, 6.07) is 3.77. The first-order chi connectivity index (χ1) is 13.7. The van der Waals surface area contributed by atoms with Gasteiger partial charge in [0.05, 0.1) is 21.4 Å². The topological polar surface area (TPSA) is 115 Å². The Kier molecular flexibility index (Phi) is 6.76. The number of aryl methyl sites for hydroxylation is 1. The smallest absolute Gasteiger partial charge is 0.270 e. The lowest BCUT2D eigenvalue weighted by Crippen LogP contribution is -2.47. The lowest BCUT2D eigenvalue weighted by Gasteiger charge is -2.31. The van der Waals surface area contributed by atoms with Crippen LogP contribution in [0.4, 0.5) is 5.69 Å². The predicted molar refractivity (Wildman–Crippen MR) is 115 cm³/mol. The van der Waals surface area contributed by atoms with Crippen LogP contribution in [0.1, 0.15) is 19.3 Å². The highest BCUT2D eigenvalue weighted by atomic mass is 32.2. The first kappa shape index (κ1) is 21.9. The Morgan fingerprint density at radius 3 is 2.83 bits per heavy atom. The predicted octanol–water partition coefficient (Wildman–Crippen LogP) is 2.22. The first-order valence-electron chi connectivity index (χ1n) is 9.04. The van der Waals surface area contributed by atoms with E-state index in [0.717, 1.165) is 30.4 Å². The van der Waals surface area contributed by atoms with E-state index in [1.807, 2.05) is 10.8 Å². The number of amides is 1. The molecule has 1 aromatic carbocycles. The molecule has 1 aliphatic rings. The molecule has 1 saturated heterocycles. The van der Waals surface area contributed by atoms with E-state index >= 15 is 0 Å². The van der Waals surface area contributed by atoms with Gasteiger partial charge in [-0.2, -0.15) is 21.1 Å². The third kappa shape index (κ3) is 4.87. The molecule has 1 aliphatic heterocycles. The fourth-order valence-corrected chi connectivity index (χ4v) is 5.96. The number of benzene rings is 1. The van der Waals surface area contributed by atoms with Crippen molar-refractivity contribution in [3.8, 4) is 0 Å². The SMILES string of the molecule is CSCCn1c(=NC(=O)C2CCCCN2S(C)(=O)=O)sc2cc([N+](=O)[O-])ccc21. The van der Waals surface area contributed by atoms with E-state index in [2.05, 4.69) is 4.99 Å². The van der Waals surface area contributed by atoms with Gasteiger partial charge < -0.3 is 4.57 Å². The number of nitrogens with zero attached hydrogens (tertiary/aromatic N) is 4. The van der Waals surface area contributed by atoms with E-state index in [9.17, 15) is 23.3 Å². The maximum absolute atomic E-state index is 12.9. The second kappa shape index (κ2) is 8.94. The van der Waals surface area contributed by atoms with Crippen LogP contribution >= 0.6 is 23.1 Å². The molecular weight excluding hydrogens is 436 g/mol. The molecule has 0 radical (unpaired) electrons. The molecule has 1 atom stereocenters. The fraction of sp³-hybridized carbons (Fsp3) is 0.529. The van der Waals surface area contributed by atoms with Crippen molar-refractivity contribution in [2.24, 2.45) is 4.99 Å². The van der Waals surface area contributed by atoms with Crippen LogP contribution in [0.3, 0.4) is 0 Å². The van der Waals surface area contributed by atoms with Crippen molar-refractivity contribution < 1.29 is 18.1 Å². The molecular formula is C17H22N4O5S3. The van der Waals surface area contributed by atoms with Crippen molar-refractivity contribution in [2.75, 3.05) is 24.8 Å². The standard InChI is InChI=1S/C17H22N4O5S3/c1-27-10-9-19-13-7-6-12(21(23)24)11-15(13)28-17(19)18-16(22)14-5-3-4-8-20(14)29(2,25)26/h6-7,11,14H,3-5,8-10H2,1-2H3. The van der Waals surface area contributed by atoms with E-state index in [-0.39, 0.29) is 5.69 Å². The van der Waals surface area contributed by atoms with E-state index < -0.39 is 26.9 Å². The normalized spacial score (nSPS) is 19.0. The third-order valence-corrected chi connectivity index (χ3v) is 7.69. The van der Waals surface area contributed by atoms with E-state index in [1.165, 1.54) is 27.8 Å². The minimum Gasteiger partial charge on any atom is -0.316 e. The van der Waals surface area contributed by atoms with Crippen LogP contribution in [0.5, 0.6) is 0 Å². The van der Waals surface area contributed by atoms with Crippen molar-refractivity contribution in [1.82, 2.24) is 8.87 Å². The summed E-state index contributed by atoms with van der Waals surface area (Å²) in [5.41, 5.74) is 0.744. The molecule has 0 bridgehead atoms. The van der Waals surface area contributed by atoms with E-state index in [1.54, 1.807) is 17.8 Å². The molecule has 158 valence electrons. The molecule has 2 aromatic rings. The highest BCUT2D eigenvalue weighted by Crippen LogP contribution is 2.24. The summed E-state index contributed by atoms with van der Waals surface area (Å²) >= 11 is 2.84. The molecule has 29 heavy (non-hydrogen) atoms. The molecule has 1 amide bonds. The Bertz CT molecular complexity index is 1110. The van der Waals surface area contributed by atoms with Gasteiger partial charge in [0, 0.05) is 31.0 Å². The Balaban J connectivity index is 2.07. The number of hydrogen-bond acceptors (Lipinski definition) is 7. The Morgan fingerprint density at radius 1 is 1.41 bits per heavy atom. The fourth-order valence-electron chi connectivity index (χ4n) is 3.38. The number of aromatic nitrogens is 1. The second-order valence-electron chi connectivity index (χ2n) is 6.77. The molecule has 0 spiro atoms. The summed E-state index contributed by atoms with van der Waals surface area (Å²) in [6.45, 7) is 0.904. The zero-order valence-electron chi connectivity index (χ0n) is 16.1. The molecule has 12 heteroatoms. The number of fused-ring (bicyclic) bond motifs is 1. The summed E-state index contributed by atoms with van der Waals surface area (Å²) in [4.78, 5) is 28.2. The highest BCUT2D eigenvalue weighted by Gasteiger charge is 2.34. The van der Waals surface area contributed by atoms with Gasteiger partial charge in [-0.3, -0.25) is 14.9 Å². The number of nitro benzene ring substituents is 1. The van der Waals surface area contributed by atoms with Crippen molar-refractivity contribution in [3.63, 3.8) is 0 Å². The van der Waals surface area contributed by atoms with E-state index in [4.69, 9.17) is 0 Å². The van der Waals surface area contributed by atoms with Crippen molar-refractivity contribution >= 4 is 54.9 Å².